The monoisotopic (exact) mass is 238 g/mol. The third-order valence-electron chi connectivity index (χ3n) is 2.72. The molecule has 0 unspecified atom stereocenters. The fourth-order valence-corrected chi connectivity index (χ4v) is 2.90. The van der Waals surface area contributed by atoms with Crippen molar-refractivity contribution in [3.8, 4) is 0 Å². The third-order valence-corrected chi connectivity index (χ3v) is 3.63. The molecule has 4 nitrogen and oxygen atoms in total. The van der Waals surface area contributed by atoms with Gasteiger partial charge in [-0.15, -0.1) is 0 Å². The van der Waals surface area contributed by atoms with Crippen LogP contribution in [0.15, 0.2) is 17.3 Å². The number of nitrogens with one attached hydrogen (secondary N) is 1. The minimum Gasteiger partial charge on any atom is -0.360 e. The van der Waals surface area contributed by atoms with Crippen molar-refractivity contribution < 1.29 is 0 Å². The van der Waals surface area contributed by atoms with E-state index in [1.54, 1.807) is 18.0 Å². The number of hydrogen-bond acceptors (Lipinski definition) is 3. The molecule has 0 bridgehead atoms. The lowest BCUT2D eigenvalue weighted by atomic mass is 10.0. The van der Waals surface area contributed by atoms with E-state index < -0.39 is 0 Å². The maximum Gasteiger partial charge on any atom is 0.157 e. The Hall–Kier alpha value is -0.970. The number of rotatable bonds is 2. The normalized spacial score (nSPS) is 22.1. The van der Waals surface area contributed by atoms with E-state index in [1.807, 2.05) is 17.8 Å². The summed E-state index contributed by atoms with van der Waals surface area (Å²) in [6.45, 7) is 5.13. The van der Waals surface area contributed by atoms with Gasteiger partial charge in [0.2, 0.25) is 0 Å². The number of aliphatic imine (C=N–C) groups is 1. The summed E-state index contributed by atoms with van der Waals surface area (Å²) < 4.78 is 1.86. The third kappa shape index (κ3) is 2.78. The summed E-state index contributed by atoms with van der Waals surface area (Å²) in [6.07, 6.45) is 2.99. The molecular weight excluding hydrogens is 220 g/mol. The van der Waals surface area contributed by atoms with Crippen molar-refractivity contribution in [3.05, 3.63) is 18.0 Å². The van der Waals surface area contributed by atoms with E-state index in [1.165, 1.54) is 6.42 Å². The standard InChI is InChI=1S/C11H18N4S/c1-11(2)5-7-16-10(14-11)12-8-9-4-6-13-15(9)3/h4,6H,5,7-8H2,1-3H3,(H,12,14). The van der Waals surface area contributed by atoms with Crippen LogP contribution < -0.4 is 5.32 Å². The molecule has 5 heteroatoms. The Morgan fingerprint density at radius 2 is 2.44 bits per heavy atom. The van der Waals surface area contributed by atoms with E-state index in [9.17, 15) is 0 Å². The maximum atomic E-state index is 4.59. The summed E-state index contributed by atoms with van der Waals surface area (Å²) in [7, 11) is 1.95. The number of aryl methyl sites for hydroxylation is 1. The molecular formula is C11H18N4S. The largest absolute Gasteiger partial charge is 0.360 e. The molecule has 0 spiro atoms. The number of aromatic nitrogens is 2. The summed E-state index contributed by atoms with van der Waals surface area (Å²) in [6, 6.07) is 2.00. The van der Waals surface area contributed by atoms with Crippen LogP contribution in [0.4, 0.5) is 0 Å². The zero-order valence-electron chi connectivity index (χ0n) is 10.0. The first kappa shape index (κ1) is 11.5. The summed E-state index contributed by atoms with van der Waals surface area (Å²) in [4.78, 5) is 4.59. The number of nitrogens with zero attached hydrogens (tertiary/aromatic N) is 3. The molecule has 1 aromatic rings. The van der Waals surface area contributed by atoms with Gasteiger partial charge in [0, 0.05) is 24.5 Å². The van der Waals surface area contributed by atoms with Crippen molar-refractivity contribution in [2.45, 2.75) is 32.4 Å². The highest BCUT2D eigenvalue weighted by atomic mass is 32.2. The van der Waals surface area contributed by atoms with Crippen LogP contribution in [0, 0.1) is 0 Å². The van der Waals surface area contributed by atoms with Gasteiger partial charge in [0.25, 0.3) is 0 Å². The quantitative estimate of drug-likeness (QED) is 0.854. The van der Waals surface area contributed by atoms with Crippen molar-refractivity contribution in [2.24, 2.45) is 12.0 Å². The molecule has 1 aromatic heterocycles. The van der Waals surface area contributed by atoms with Gasteiger partial charge in [-0.2, -0.15) is 5.10 Å². The lowest BCUT2D eigenvalue weighted by molar-refractivity contribution is 0.446. The zero-order valence-corrected chi connectivity index (χ0v) is 10.8. The molecule has 1 saturated heterocycles. The predicted octanol–water partition coefficient (Wildman–Crippen LogP) is 1.78. The van der Waals surface area contributed by atoms with Crippen molar-refractivity contribution in [2.75, 3.05) is 5.75 Å². The molecule has 1 N–H and O–H groups in total. The average Bonchev–Trinajstić information content (AvgIpc) is 2.60. The number of hydrogen-bond donors (Lipinski definition) is 1. The van der Waals surface area contributed by atoms with E-state index in [0.717, 1.165) is 16.6 Å². The first-order valence-electron chi connectivity index (χ1n) is 5.49. The average molecular weight is 238 g/mol. The van der Waals surface area contributed by atoms with Gasteiger partial charge in [-0.25, -0.2) is 0 Å². The first-order valence-corrected chi connectivity index (χ1v) is 6.48. The van der Waals surface area contributed by atoms with Crippen LogP contribution in [0.2, 0.25) is 0 Å². The highest BCUT2D eigenvalue weighted by Gasteiger charge is 2.23. The molecule has 1 fully saturated rings. The van der Waals surface area contributed by atoms with Gasteiger partial charge in [-0.1, -0.05) is 11.8 Å². The maximum absolute atomic E-state index is 4.59. The highest BCUT2D eigenvalue weighted by molar-refractivity contribution is 8.13. The molecule has 0 saturated carbocycles. The summed E-state index contributed by atoms with van der Waals surface area (Å²) >= 11 is 1.80. The zero-order chi connectivity index (χ0) is 11.6. The van der Waals surface area contributed by atoms with Crippen LogP contribution >= 0.6 is 11.8 Å². The SMILES string of the molecule is Cn1nccc1CN=C1NC(C)(C)CCS1. The van der Waals surface area contributed by atoms with Crippen LogP contribution in [0.3, 0.4) is 0 Å². The molecule has 1 aliphatic heterocycles. The molecule has 0 radical (unpaired) electrons. The lowest BCUT2D eigenvalue weighted by Gasteiger charge is -2.32. The Morgan fingerprint density at radius 1 is 1.62 bits per heavy atom. The molecule has 0 aliphatic carbocycles. The lowest BCUT2D eigenvalue weighted by Crippen LogP contribution is -2.46. The van der Waals surface area contributed by atoms with Gasteiger partial charge in [-0.05, 0) is 26.3 Å². The fourth-order valence-electron chi connectivity index (χ4n) is 1.59. The second kappa shape index (κ2) is 4.49. The molecule has 2 heterocycles. The van der Waals surface area contributed by atoms with Gasteiger partial charge in [-0.3, -0.25) is 9.67 Å². The highest BCUT2D eigenvalue weighted by Crippen LogP contribution is 2.21. The van der Waals surface area contributed by atoms with Crippen molar-refractivity contribution >= 4 is 16.9 Å². The van der Waals surface area contributed by atoms with Crippen molar-refractivity contribution in [1.29, 1.82) is 0 Å². The van der Waals surface area contributed by atoms with Crippen LogP contribution in [-0.2, 0) is 13.6 Å². The van der Waals surface area contributed by atoms with Gasteiger partial charge in [0.1, 0.15) is 0 Å². The Kier molecular flexibility index (Phi) is 3.23. The van der Waals surface area contributed by atoms with Crippen LogP contribution in [0.1, 0.15) is 26.0 Å². The minimum absolute atomic E-state index is 0.177. The molecule has 0 aromatic carbocycles. The molecule has 16 heavy (non-hydrogen) atoms. The van der Waals surface area contributed by atoms with E-state index >= 15 is 0 Å². The van der Waals surface area contributed by atoms with Crippen LogP contribution in [0.25, 0.3) is 0 Å². The van der Waals surface area contributed by atoms with E-state index in [0.29, 0.717) is 6.54 Å². The molecule has 0 amide bonds. The van der Waals surface area contributed by atoms with Gasteiger partial charge < -0.3 is 5.32 Å². The van der Waals surface area contributed by atoms with Crippen molar-refractivity contribution in [1.82, 2.24) is 15.1 Å². The molecule has 0 atom stereocenters. The van der Waals surface area contributed by atoms with Crippen molar-refractivity contribution in [3.63, 3.8) is 0 Å². The van der Waals surface area contributed by atoms with E-state index in [2.05, 4.69) is 29.3 Å². The van der Waals surface area contributed by atoms with Gasteiger partial charge >= 0.3 is 0 Å². The number of thioether (sulfide) groups is 1. The topological polar surface area (TPSA) is 42.2 Å². The van der Waals surface area contributed by atoms with Gasteiger partial charge in [0.05, 0.1) is 12.2 Å². The molecule has 1 aliphatic rings. The van der Waals surface area contributed by atoms with E-state index in [4.69, 9.17) is 0 Å². The Balaban J connectivity index is 2.00. The predicted molar refractivity (Wildman–Crippen MR) is 68.6 cm³/mol. The Labute approximate surface area is 101 Å². The fraction of sp³-hybridized carbons (Fsp3) is 0.636. The summed E-state index contributed by atoms with van der Waals surface area (Å²) in [5.41, 5.74) is 1.31. The second-order valence-corrected chi connectivity index (χ2v) is 5.76. The van der Waals surface area contributed by atoms with E-state index in [-0.39, 0.29) is 5.54 Å². The number of amidine groups is 1. The van der Waals surface area contributed by atoms with Crippen LogP contribution in [0.5, 0.6) is 0 Å². The van der Waals surface area contributed by atoms with Gasteiger partial charge in [0.15, 0.2) is 5.17 Å². The molecule has 88 valence electrons. The first-order chi connectivity index (χ1) is 7.57. The summed E-state index contributed by atoms with van der Waals surface area (Å²) in [5.74, 6) is 1.14. The Morgan fingerprint density at radius 3 is 3.06 bits per heavy atom. The second-order valence-electron chi connectivity index (χ2n) is 4.67. The summed E-state index contributed by atoms with van der Waals surface area (Å²) in [5, 5.41) is 8.64. The Bertz CT molecular complexity index is 394. The molecule has 2 rings (SSSR count). The smallest absolute Gasteiger partial charge is 0.157 e. The van der Waals surface area contributed by atoms with Crippen LogP contribution in [-0.4, -0.2) is 26.2 Å². The minimum atomic E-state index is 0.177.